The lowest BCUT2D eigenvalue weighted by molar-refractivity contribution is -0.119. The van der Waals surface area contributed by atoms with Gasteiger partial charge < -0.3 is 11.1 Å². The molecule has 0 radical (unpaired) electrons. The van der Waals surface area contributed by atoms with Gasteiger partial charge in [-0.3, -0.25) is 29.1 Å². The second-order valence-corrected chi connectivity index (χ2v) is 11.8. The Labute approximate surface area is 274 Å². The van der Waals surface area contributed by atoms with Crippen LogP contribution in [0.1, 0.15) is 37.9 Å². The van der Waals surface area contributed by atoms with Crippen molar-refractivity contribution < 1.29 is 4.79 Å². The summed E-state index contributed by atoms with van der Waals surface area (Å²) in [6.07, 6.45) is 11.5. The van der Waals surface area contributed by atoms with Crippen molar-refractivity contribution in [2.75, 3.05) is 10.3 Å². The lowest BCUT2D eigenvalue weighted by atomic mass is 9.97. The highest BCUT2D eigenvalue weighted by Crippen LogP contribution is 2.34. The van der Waals surface area contributed by atoms with Crippen LogP contribution in [0, 0.1) is 5.92 Å². The minimum Gasteiger partial charge on any atom is -0.388 e. The number of halogens is 2. The molecule has 2 atom stereocenters. The molecule has 2 bridgehead atoms. The lowest BCUT2D eigenvalue weighted by Gasteiger charge is -2.22. The van der Waals surface area contributed by atoms with Gasteiger partial charge in [-0.2, -0.15) is 5.10 Å². The highest BCUT2D eigenvalue weighted by molar-refractivity contribution is 6.31. The fourth-order valence-electron chi connectivity index (χ4n) is 5.44. The van der Waals surface area contributed by atoms with E-state index in [0.29, 0.717) is 58.3 Å². The Kier molecular flexibility index (Phi) is 8.84. The Morgan fingerprint density at radius 3 is 2.72 bits per heavy atom. The van der Waals surface area contributed by atoms with Crippen molar-refractivity contribution in [2.45, 2.75) is 32.2 Å². The summed E-state index contributed by atoms with van der Waals surface area (Å²) in [4.78, 5) is 40.5. The zero-order chi connectivity index (χ0) is 32.4. The number of pyridine rings is 2. The minimum atomic E-state index is -0.462. The fraction of sp³-hybridized carbons (Fsp3) is 0.188. The lowest BCUT2D eigenvalue weighted by Crippen LogP contribution is -2.28. The average molecular weight is 658 g/mol. The number of nitrogens with one attached hydrogen (secondary N) is 1. The third-order valence-corrected chi connectivity index (χ3v) is 8.12. The Hall–Kier alpha value is -5.04. The average Bonchev–Trinajstić information content (AvgIpc) is 3.46. The number of aromatic nitrogens is 6. The van der Waals surface area contributed by atoms with Gasteiger partial charge in [0.15, 0.2) is 0 Å². The first-order valence-electron chi connectivity index (χ1n) is 14.5. The molecule has 12 nitrogen and oxygen atoms in total. The van der Waals surface area contributed by atoms with Crippen LogP contribution in [0.4, 0.5) is 11.4 Å². The summed E-state index contributed by atoms with van der Waals surface area (Å²) in [6, 6.07) is 13.4. The maximum absolute atomic E-state index is 13.8. The Morgan fingerprint density at radius 2 is 1.96 bits per heavy atom. The van der Waals surface area contributed by atoms with Gasteiger partial charge in [0.25, 0.3) is 5.56 Å². The SMILES string of the molecule is C[C@@H]1CCC[C@H](n2cnc(-c3cc(Cl)ccc3N(N)/C=C(\N)Cl)cc2=O)c2cc(ccn2)-c2nn(-c3cccnc3)cc2NC1=O. The molecule has 1 amide bonds. The molecule has 4 aromatic heterocycles. The first kappa shape index (κ1) is 31.0. The quantitative estimate of drug-likeness (QED) is 0.131. The second kappa shape index (κ2) is 13.1. The molecule has 14 heteroatoms. The first-order chi connectivity index (χ1) is 22.2. The van der Waals surface area contributed by atoms with Crippen LogP contribution < -0.4 is 27.5 Å². The van der Waals surface area contributed by atoms with Crippen LogP contribution in [0.3, 0.4) is 0 Å². The molecule has 0 saturated heterocycles. The van der Waals surface area contributed by atoms with E-state index in [-0.39, 0.29) is 22.5 Å². The van der Waals surface area contributed by atoms with Gasteiger partial charge in [0.05, 0.1) is 59.4 Å². The Bertz CT molecular complexity index is 1990. The van der Waals surface area contributed by atoms with E-state index >= 15 is 0 Å². The molecule has 0 unspecified atom stereocenters. The van der Waals surface area contributed by atoms with Crippen LogP contribution in [0.25, 0.3) is 28.2 Å². The van der Waals surface area contributed by atoms with Crippen LogP contribution in [0.2, 0.25) is 5.02 Å². The number of benzene rings is 1. The number of hydrogen-bond acceptors (Lipinski definition) is 9. The van der Waals surface area contributed by atoms with Crippen LogP contribution in [-0.4, -0.2) is 35.2 Å². The van der Waals surface area contributed by atoms with Crippen molar-refractivity contribution in [2.24, 2.45) is 17.5 Å². The van der Waals surface area contributed by atoms with E-state index in [0.717, 1.165) is 11.3 Å². The molecular weight excluding hydrogens is 627 g/mol. The molecule has 46 heavy (non-hydrogen) atoms. The molecule has 1 aromatic carbocycles. The van der Waals surface area contributed by atoms with Crippen molar-refractivity contribution in [1.82, 2.24) is 29.3 Å². The van der Waals surface area contributed by atoms with Gasteiger partial charge in [-0.05, 0) is 55.3 Å². The molecule has 1 aliphatic rings. The standard InChI is InChI=1S/C32H30Cl2N10O2/c1-19-4-2-6-28(42-18-39-24(14-30(42)45)23-13-21(33)7-8-27(23)43(36)17-29(34)35)25-12-20(9-11-38-25)31-26(40-32(19)46)16-44(41-31)22-5-3-10-37-15-22/h3,5,7-19,28H,2,4,6,35-36H2,1H3,(H,40,46)/b29-17-/t19-,28+/m1/s1. The molecule has 234 valence electrons. The summed E-state index contributed by atoms with van der Waals surface area (Å²) in [7, 11) is 0. The van der Waals surface area contributed by atoms with Crippen molar-refractivity contribution in [3.8, 4) is 28.2 Å². The predicted molar refractivity (Wildman–Crippen MR) is 178 cm³/mol. The number of anilines is 2. The molecule has 1 aliphatic heterocycles. The molecule has 6 rings (SSSR count). The van der Waals surface area contributed by atoms with Gasteiger partial charge in [0.1, 0.15) is 10.9 Å². The summed E-state index contributed by atoms with van der Waals surface area (Å²) < 4.78 is 3.24. The number of carbonyl (C=O) groups is 1. The molecular formula is C32H30Cl2N10O2. The van der Waals surface area contributed by atoms with Crippen molar-refractivity contribution in [3.63, 3.8) is 0 Å². The van der Waals surface area contributed by atoms with Gasteiger partial charge in [-0.25, -0.2) is 15.5 Å². The van der Waals surface area contributed by atoms with Gasteiger partial charge in [0.2, 0.25) is 5.91 Å². The number of nitrogens with two attached hydrogens (primary N) is 2. The summed E-state index contributed by atoms with van der Waals surface area (Å²) in [6.45, 7) is 1.89. The molecule has 0 saturated carbocycles. The number of rotatable bonds is 5. The van der Waals surface area contributed by atoms with Gasteiger partial charge in [0, 0.05) is 40.5 Å². The van der Waals surface area contributed by atoms with Crippen LogP contribution in [0.15, 0.2) is 95.8 Å². The van der Waals surface area contributed by atoms with Crippen LogP contribution in [0.5, 0.6) is 0 Å². The fourth-order valence-corrected chi connectivity index (χ4v) is 5.72. The van der Waals surface area contributed by atoms with E-state index in [1.54, 1.807) is 52.2 Å². The van der Waals surface area contributed by atoms with E-state index in [2.05, 4.69) is 20.3 Å². The summed E-state index contributed by atoms with van der Waals surface area (Å²) in [5, 5.41) is 9.51. The molecule has 5 aromatic rings. The van der Waals surface area contributed by atoms with E-state index in [4.69, 9.17) is 39.9 Å². The number of hydrazine groups is 1. The third-order valence-electron chi connectivity index (χ3n) is 7.79. The van der Waals surface area contributed by atoms with Crippen LogP contribution >= 0.6 is 23.2 Å². The number of hydrogen-bond donors (Lipinski definition) is 3. The maximum Gasteiger partial charge on any atom is 0.254 e. The van der Waals surface area contributed by atoms with Crippen molar-refractivity contribution in [1.29, 1.82) is 0 Å². The zero-order valence-corrected chi connectivity index (χ0v) is 26.2. The summed E-state index contributed by atoms with van der Waals surface area (Å²) in [5.74, 6) is 5.77. The molecule has 5 heterocycles. The smallest absolute Gasteiger partial charge is 0.254 e. The number of carbonyl (C=O) groups excluding carboxylic acids is 1. The summed E-state index contributed by atoms with van der Waals surface area (Å²) in [5.41, 5.74) is 9.95. The monoisotopic (exact) mass is 656 g/mol. The number of amides is 1. The summed E-state index contributed by atoms with van der Waals surface area (Å²) >= 11 is 12.1. The van der Waals surface area contributed by atoms with E-state index < -0.39 is 6.04 Å². The Balaban J connectivity index is 1.43. The predicted octanol–water partition coefficient (Wildman–Crippen LogP) is 5.23. The van der Waals surface area contributed by atoms with Gasteiger partial charge in [-0.1, -0.05) is 36.5 Å². The number of nitrogens with zero attached hydrogens (tertiary/aromatic N) is 7. The molecule has 5 N–H and O–H groups in total. The van der Waals surface area contributed by atoms with Crippen molar-refractivity contribution >= 4 is 40.5 Å². The highest BCUT2D eigenvalue weighted by Gasteiger charge is 2.24. The maximum atomic E-state index is 13.8. The molecule has 0 fully saturated rings. The second-order valence-electron chi connectivity index (χ2n) is 11.0. The third kappa shape index (κ3) is 6.50. The van der Waals surface area contributed by atoms with Crippen molar-refractivity contribution in [3.05, 3.63) is 112 Å². The largest absolute Gasteiger partial charge is 0.388 e. The number of fused-ring (bicyclic) bond motifs is 4. The topological polar surface area (TPSA) is 163 Å². The van der Waals surface area contributed by atoms with E-state index in [9.17, 15) is 9.59 Å². The van der Waals surface area contributed by atoms with E-state index in [1.807, 2.05) is 31.2 Å². The van der Waals surface area contributed by atoms with Gasteiger partial charge >= 0.3 is 0 Å². The molecule has 0 aliphatic carbocycles. The highest BCUT2D eigenvalue weighted by atomic mass is 35.5. The van der Waals surface area contributed by atoms with E-state index in [1.165, 1.54) is 23.6 Å². The first-order valence-corrected chi connectivity index (χ1v) is 15.3. The zero-order valence-electron chi connectivity index (χ0n) is 24.7. The normalized spacial score (nSPS) is 17.0. The Morgan fingerprint density at radius 1 is 1.11 bits per heavy atom. The van der Waals surface area contributed by atoms with Crippen LogP contribution in [-0.2, 0) is 4.79 Å². The van der Waals surface area contributed by atoms with Gasteiger partial charge in [-0.15, -0.1) is 0 Å². The molecule has 0 spiro atoms. The minimum absolute atomic E-state index is 0.0215.